The molecule has 0 bridgehead atoms. The van der Waals surface area contributed by atoms with Gasteiger partial charge in [-0.3, -0.25) is 9.97 Å². The monoisotopic (exact) mass is 273 g/mol. The Bertz CT molecular complexity index is 923. The van der Waals surface area contributed by atoms with Crippen LogP contribution >= 0.6 is 0 Å². The molecule has 0 saturated heterocycles. The van der Waals surface area contributed by atoms with Crippen LogP contribution in [0.3, 0.4) is 0 Å². The Kier molecular flexibility index (Phi) is 2.71. The van der Waals surface area contributed by atoms with E-state index in [0.29, 0.717) is 0 Å². The Morgan fingerprint density at radius 3 is 2.52 bits per heavy atom. The van der Waals surface area contributed by atoms with Gasteiger partial charge in [-0.1, -0.05) is 24.3 Å². The second kappa shape index (κ2) is 4.70. The van der Waals surface area contributed by atoms with Crippen molar-refractivity contribution in [2.24, 2.45) is 0 Å². The first-order valence-corrected chi connectivity index (χ1v) is 7.17. The SMILES string of the molecule is CCn1c2ccccc2c2ccnc(-c3ccccn3)c21. The summed E-state index contributed by atoms with van der Waals surface area (Å²) < 4.78 is 2.32. The molecule has 3 aromatic heterocycles. The van der Waals surface area contributed by atoms with Gasteiger partial charge in [0.15, 0.2) is 0 Å². The number of fused-ring (bicyclic) bond motifs is 3. The molecule has 0 N–H and O–H groups in total. The Labute approximate surface area is 122 Å². The van der Waals surface area contributed by atoms with E-state index in [1.165, 1.54) is 21.8 Å². The van der Waals surface area contributed by atoms with Gasteiger partial charge in [-0.05, 0) is 31.2 Å². The van der Waals surface area contributed by atoms with Crippen LogP contribution in [0.15, 0.2) is 60.9 Å². The quantitative estimate of drug-likeness (QED) is 0.546. The van der Waals surface area contributed by atoms with Crippen molar-refractivity contribution in [1.29, 1.82) is 0 Å². The number of rotatable bonds is 2. The van der Waals surface area contributed by atoms with E-state index in [1.807, 2.05) is 30.6 Å². The lowest BCUT2D eigenvalue weighted by Gasteiger charge is -2.07. The van der Waals surface area contributed by atoms with E-state index in [0.717, 1.165) is 17.9 Å². The minimum Gasteiger partial charge on any atom is -0.339 e. The molecule has 3 heteroatoms. The van der Waals surface area contributed by atoms with E-state index < -0.39 is 0 Å². The molecule has 102 valence electrons. The van der Waals surface area contributed by atoms with Gasteiger partial charge in [0.1, 0.15) is 5.69 Å². The van der Waals surface area contributed by atoms with Crippen LogP contribution in [-0.4, -0.2) is 14.5 Å². The van der Waals surface area contributed by atoms with Crippen molar-refractivity contribution in [3.05, 3.63) is 60.9 Å². The molecule has 0 unspecified atom stereocenters. The highest BCUT2D eigenvalue weighted by Gasteiger charge is 2.15. The molecule has 3 heterocycles. The highest BCUT2D eigenvalue weighted by molar-refractivity contribution is 6.11. The Morgan fingerprint density at radius 1 is 0.857 bits per heavy atom. The molecule has 0 atom stereocenters. The van der Waals surface area contributed by atoms with Gasteiger partial charge in [0.25, 0.3) is 0 Å². The first kappa shape index (κ1) is 12.1. The Morgan fingerprint density at radius 2 is 1.71 bits per heavy atom. The zero-order valence-corrected chi connectivity index (χ0v) is 11.8. The summed E-state index contributed by atoms with van der Waals surface area (Å²) in [6.45, 7) is 3.08. The Hall–Kier alpha value is -2.68. The van der Waals surface area contributed by atoms with Crippen molar-refractivity contribution in [2.45, 2.75) is 13.5 Å². The summed E-state index contributed by atoms with van der Waals surface area (Å²) in [4.78, 5) is 9.07. The third-order valence-electron chi connectivity index (χ3n) is 3.90. The fourth-order valence-electron chi connectivity index (χ4n) is 3.02. The molecule has 21 heavy (non-hydrogen) atoms. The number of nitrogens with zero attached hydrogens (tertiary/aromatic N) is 3. The molecule has 0 aliphatic rings. The lowest BCUT2D eigenvalue weighted by Crippen LogP contribution is -1.97. The number of para-hydroxylation sites is 1. The smallest absolute Gasteiger partial charge is 0.113 e. The lowest BCUT2D eigenvalue weighted by molar-refractivity contribution is 0.826. The van der Waals surface area contributed by atoms with Crippen molar-refractivity contribution in [3.63, 3.8) is 0 Å². The highest BCUT2D eigenvalue weighted by atomic mass is 15.0. The zero-order valence-electron chi connectivity index (χ0n) is 11.8. The van der Waals surface area contributed by atoms with Crippen LogP contribution in [0, 0.1) is 0 Å². The van der Waals surface area contributed by atoms with Gasteiger partial charge in [0.05, 0.1) is 11.2 Å². The van der Waals surface area contributed by atoms with Crippen molar-refractivity contribution in [3.8, 4) is 11.4 Å². The van der Waals surface area contributed by atoms with Crippen LogP contribution in [0.1, 0.15) is 6.92 Å². The molecular formula is C18H15N3. The average molecular weight is 273 g/mol. The van der Waals surface area contributed by atoms with E-state index in [-0.39, 0.29) is 0 Å². The van der Waals surface area contributed by atoms with Crippen LogP contribution < -0.4 is 0 Å². The normalized spacial score (nSPS) is 11.3. The Balaban J connectivity index is 2.19. The fraction of sp³-hybridized carbons (Fsp3) is 0.111. The molecule has 0 radical (unpaired) electrons. The van der Waals surface area contributed by atoms with Crippen LogP contribution in [-0.2, 0) is 6.54 Å². The van der Waals surface area contributed by atoms with Gasteiger partial charge in [-0.2, -0.15) is 0 Å². The summed E-state index contributed by atoms with van der Waals surface area (Å²) in [6, 6.07) is 16.5. The van der Waals surface area contributed by atoms with E-state index in [4.69, 9.17) is 0 Å². The second-order valence-corrected chi connectivity index (χ2v) is 5.03. The van der Waals surface area contributed by atoms with Gasteiger partial charge in [-0.25, -0.2) is 0 Å². The lowest BCUT2D eigenvalue weighted by atomic mass is 10.1. The maximum atomic E-state index is 4.60. The number of aromatic nitrogens is 3. The molecule has 0 amide bonds. The van der Waals surface area contributed by atoms with E-state index in [9.17, 15) is 0 Å². The van der Waals surface area contributed by atoms with E-state index in [1.54, 1.807) is 0 Å². The third kappa shape index (κ3) is 1.74. The second-order valence-electron chi connectivity index (χ2n) is 5.03. The van der Waals surface area contributed by atoms with Gasteiger partial charge < -0.3 is 4.57 Å². The van der Waals surface area contributed by atoms with Crippen LogP contribution in [0.4, 0.5) is 0 Å². The van der Waals surface area contributed by atoms with Gasteiger partial charge >= 0.3 is 0 Å². The molecule has 1 aromatic carbocycles. The summed E-state index contributed by atoms with van der Waals surface area (Å²) in [5.41, 5.74) is 4.28. The number of hydrogen-bond donors (Lipinski definition) is 0. The van der Waals surface area contributed by atoms with Crippen molar-refractivity contribution >= 4 is 21.8 Å². The summed E-state index contributed by atoms with van der Waals surface area (Å²) in [6.07, 6.45) is 3.69. The predicted octanol–water partition coefficient (Wildman–Crippen LogP) is 4.27. The number of benzene rings is 1. The molecular weight excluding hydrogens is 258 g/mol. The molecule has 0 fully saturated rings. The molecule has 0 spiro atoms. The van der Waals surface area contributed by atoms with Gasteiger partial charge in [0, 0.05) is 35.2 Å². The van der Waals surface area contributed by atoms with Crippen LogP contribution in [0.5, 0.6) is 0 Å². The van der Waals surface area contributed by atoms with Crippen molar-refractivity contribution in [2.75, 3.05) is 0 Å². The topological polar surface area (TPSA) is 30.7 Å². The maximum absolute atomic E-state index is 4.60. The van der Waals surface area contributed by atoms with Crippen molar-refractivity contribution < 1.29 is 0 Å². The van der Waals surface area contributed by atoms with Crippen LogP contribution in [0.25, 0.3) is 33.2 Å². The highest BCUT2D eigenvalue weighted by Crippen LogP contribution is 2.33. The average Bonchev–Trinajstić information content (AvgIpc) is 2.89. The number of hydrogen-bond acceptors (Lipinski definition) is 2. The molecule has 4 aromatic rings. The van der Waals surface area contributed by atoms with Crippen LogP contribution in [0.2, 0.25) is 0 Å². The minimum absolute atomic E-state index is 0.912. The van der Waals surface area contributed by atoms with Gasteiger partial charge in [0.2, 0.25) is 0 Å². The molecule has 4 rings (SSSR count). The van der Waals surface area contributed by atoms with E-state index in [2.05, 4.69) is 51.8 Å². The maximum Gasteiger partial charge on any atom is 0.113 e. The number of pyridine rings is 2. The fourth-order valence-corrected chi connectivity index (χ4v) is 3.02. The largest absolute Gasteiger partial charge is 0.339 e. The summed E-state index contributed by atoms with van der Waals surface area (Å²) in [5, 5.41) is 2.51. The first-order valence-electron chi connectivity index (χ1n) is 7.17. The summed E-state index contributed by atoms with van der Waals surface area (Å²) in [5.74, 6) is 0. The van der Waals surface area contributed by atoms with Crippen molar-refractivity contribution in [1.82, 2.24) is 14.5 Å². The third-order valence-corrected chi connectivity index (χ3v) is 3.90. The van der Waals surface area contributed by atoms with Gasteiger partial charge in [-0.15, -0.1) is 0 Å². The standard InChI is InChI=1S/C18H15N3/c1-2-21-16-9-4-3-7-13(16)14-10-12-20-17(18(14)21)15-8-5-6-11-19-15/h3-12H,2H2,1H3. The van der Waals surface area contributed by atoms with E-state index >= 15 is 0 Å². The summed E-state index contributed by atoms with van der Waals surface area (Å²) in [7, 11) is 0. The summed E-state index contributed by atoms with van der Waals surface area (Å²) >= 11 is 0. The molecule has 0 aliphatic carbocycles. The zero-order chi connectivity index (χ0) is 14.2. The molecule has 0 saturated carbocycles. The first-order chi connectivity index (χ1) is 10.4. The molecule has 3 nitrogen and oxygen atoms in total. The molecule has 0 aliphatic heterocycles. The predicted molar refractivity (Wildman–Crippen MR) is 86.1 cm³/mol. The minimum atomic E-state index is 0.912. The number of aryl methyl sites for hydroxylation is 1.